The highest BCUT2D eigenvalue weighted by Crippen LogP contribution is 2.47. The number of amidine groups is 1. The van der Waals surface area contributed by atoms with Gasteiger partial charge >= 0.3 is 0 Å². The molecule has 1 aromatic heterocycles. The highest BCUT2D eigenvalue weighted by molar-refractivity contribution is 6.32. The van der Waals surface area contributed by atoms with Crippen molar-refractivity contribution < 1.29 is 4.79 Å². The number of halogens is 1. The number of nitrogens with zero attached hydrogens (tertiary/aromatic N) is 6. The largest absolute Gasteiger partial charge is 0.402 e. The second kappa shape index (κ2) is 8.88. The van der Waals surface area contributed by atoms with E-state index in [-0.39, 0.29) is 29.6 Å². The zero-order valence-corrected chi connectivity index (χ0v) is 18.1. The van der Waals surface area contributed by atoms with E-state index < -0.39 is 0 Å². The number of nitriles is 1. The molecule has 0 radical (unpaired) electrons. The topological polar surface area (TPSA) is 138 Å². The molecule has 1 amide bonds. The molecule has 2 aliphatic rings. The number of aromatic nitrogens is 2. The van der Waals surface area contributed by atoms with E-state index in [0.717, 1.165) is 38.8 Å². The number of carbonyl (C=O) groups is 1. The zero-order valence-electron chi connectivity index (χ0n) is 17.3. The number of anilines is 1. The minimum Gasteiger partial charge on any atom is -0.402 e. The molecule has 1 aromatic rings. The van der Waals surface area contributed by atoms with E-state index in [4.69, 9.17) is 28.3 Å². The maximum absolute atomic E-state index is 12.1. The fraction of sp³-hybridized carbons (Fsp3) is 0.550. The van der Waals surface area contributed by atoms with Gasteiger partial charge in [-0.3, -0.25) is 4.79 Å². The predicted molar refractivity (Wildman–Crippen MR) is 116 cm³/mol. The zero-order chi connectivity index (χ0) is 21.9. The molecule has 160 valence electrons. The molecule has 1 aliphatic heterocycles. The second-order valence-corrected chi connectivity index (χ2v) is 8.58. The summed E-state index contributed by atoms with van der Waals surface area (Å²) in [6.45, 7) is 3.16. The van der Waals surface area contributed by atoms with Crippen LogP contribution in [0.2, 0.25) is 5.02 Å². The van der Waals surface area contributed by atoms with Crippen LogP contribution in [0, 0.1) is 16.7 Å². The van der Waals surface area contributed by atoms with Crippen LogP contribution in [0.3, 0.4) is 0 Å². The SMILES string of the molecule is C/C(N)=C/C(N)=Nc1nc(N(C)C2CCC3(CCN(C(=O)CC#N)C3)C2)ncc1Cl. The fourth-order valence-electron chi connectivity index (χ4n) is 4.35. The van der Waals surface area contributed by atoms with Crippen LogP contribution in [-0.4, -0.2) is 52.8 Å². The number of likely N-dealkylation sites (tertiary alicyclic amines) is 1. The van der Waals surface area contributed by atoms with Crippen LogP contribution in [-0.2, 0) is 4.79 Å². The van der Waals surface area contributed by atoms with Gasteiger partial charge in [0.15, 0.2) is 5.82 Å². The number of amides is 1. The third-order valence-corrected chi connectivity index (χ3v) is 6.15. The van der Waals surface area contributed by atoms with Gasteiger partial charge in [0.05, 0.1) is 12.3 Å². The Hall–Kier alpha value is -2.86. The minimum atomic E-state index is -0.0749. The quantitative estimate of drug-likeness (QED) is 0.538. The molecule has 0 aromatic carbocycles. The van der Waals surface area contributed by atoms with Gasteiger partial charge in [-0.1, -0.05) is 11.6 Å². The summed E-state index contributed by atoms with van der Waals surface area (Å²) in [7, 11) is 1.96. The molecular weight excluding hydrogens is 404 g/mol. The van der Waals surface area contributed by atoms with Crippen molar-refractivity contribution >= 4 is 35.1 Å². The van der Waals surface area contributed by atoms with Gasteiger partial charge in [-0.15, -0.1) is 0 Å². The minimum absolute atomic E-state index is 0.0523. The third kappa shape index (κ3) is 4.82. The molecule has 0 bridgehead atoms. The molecule has 2 atom stereocenters. The first-order valence-electron chi connectivity index (χ1n) is 9.91. The van der Waals surface area contributed by atoms with E-state index in [9.17, 15) is 4.79 Å². The van der Waals surface area contributed by atoms with E-state index in [1.807, 2.05) is 22.9 Å². The Morgan fingerprint density at radius 3 is 3.00 bits per heavy atom. The van der Waals surface area contributed by atoms with Gasteiger partial charge in [0, 0.05) is 31.9 Å². The molecule has 1 saturated carbocycles. The van der Waals surface area contributed by atoms with Crippen LogP contribution >= 0.6 is 11.6 Å². The van der Waals surface area contributed by atoms with Gasteiger partial charge in [-0.2, -0.15) is 10.2 Å². The number of carbonyl (C=O) groups excluding carboxylic acids is 1. The summed E-state index contributed by atoms with van der Waals surface area (Å²) < 4.78 is 0. The van der Waals surface area contributed by atoms with Crippen LogP contribution in [0.25, 0.3) is 0 Å². The number of hydrogen-bond acceptors (Lipinski definition) is 7. The standard InChI is InChI=1S/C20H27ClN8O/c1-13(23)9-16(24)26-18-15(21)11-25-19(27-18)28(2)14-3-5-20(10-14)6-8-29(12-20)17(30)4-7-22/h9,11,14H,3-6,8,10,12,23H2,1-2H3,(H2,24,25,26,27)/b13-9-. The van der Waals surface area contributed by atoms with Gasteiger partial charge in [0.1, 0.15) is 17.3 Å². The number of hydrogen-bond donors (Lipinski definition) is 2. The first-order valence-corrected chi connectivity index (χ1v) is 10.3. The number of allylic oxidation sites excluding steroid dienone is 1. The lowest BCUT2D eigenvalue weighted by molar-refractivity contribution is -0.129. The number of aliphatic imine (C=N–C) groups is 1. The van der Waals surface area contributed by atoms with Crippen molar-refractivity contribution in [1.29, 1.82) is 5.26 Å². The smallest absolute Gasteiger partial charge is 0.236 e. The van der Waals surface area contributed by atoms with E-state index in [2.05, 4.69) is 15.0 Å². The summed E-state index contributed by atoms with van der Waals surface area (Å²) in [4.78, 5) is 29.0. The van der Waals surface area contributed by atoms with Crippen LogP contribution in [0.5, 0.6) is 0 Å². The Morgan fingerprint density at radius 1 is 1.53 bits per heavy atom. The Kier molecular flexibility index (Phi) is 6.46. The molecule has 2 unspecified atom stereocenters. The second-order valence-electron chi connectivity index (χ2n) is 8.17. The van der Waals surface area contributed by atoms with Gasteiger partial charge in [-0.05, 0) is 44.1 Å². The van der Waals surface area contributed by atoms with Gasteiger partial charge in [-0.25, -0.2) is 9.98 Å². The average Bonchev–Trinajstić information content (AvgIpc) is 3.30. The monoisotopic (exact) mass is 430 g/mol. The van der Waals surface area contributed by atoms with Crippen molar-refractivity contribution in [3.8, 4) is 6.07 Å². The van der Waals surface area contributed by atoms with Crippen LogP contribution in [0.4, 0.5) is 11.8 Å². The summed E-state index contributed by atoms with van der Waals surface area (Å²) in [5.41, 5.74) is 12.1. The van der Waals surface area contributed by atoms with Crippen LogP contribution in [0.15, 0.2) is 23.0 Å². The van der Waals surface area contributed by atoms with E-state index in [1.165, 1.54) is 6.20 Å². The van der Waals surface area contributed by atoms with Crippen LogP contribution in [0.1, 0.15) is 39.0 Å². The van der Waals surface area contributed by atoms with Crippen molar-refractivity contribution in [3.63, 3.8) is 0 Å². The van der Waals surface area contributed by atoms with Crippen LogP contribution < -0.4 is 16.4 Å². The first kappa shape index (κ1) is 21.8. The summed E-state index contributed by atoms with van der Waals surface area (Å²) in [6.07, 6.45) is 6.94. The molecule has 2 fully saturated rings. The van der Waals surface area contributed by atoms with Crippen molar-refractivity contribution in [2.24, 2.45) is 21.9 Å². The maximum Gasteiger partial charge on any atom is 0.236 e. The van der Waals surface area contributed by atoms with Crippen molar-refractivity contribution in [1.82, 2.24) is 14.9 Å². The summed E-state index contributed by atoms with van der Waals surface area (Å²) >= 11 is 6.19. The molecule has 1 aliphatic carbocycles. The third-order valence-electron chi connectivity index (χ3n) is 5.88. The Balaban J connectivity index is 1.72. The molecule has 1 spiro atoms. The molecule has 1 saturated heterocycles. The molecular formula is C20H27ClN8O. The average molecular weight is 431 g/mol. The normalized spacial score (nSPS) is 24.3. The number of nitrogens with two attached hydrogens (primary N) is 2. The van der Waals surface area contributed by atoms with Gasteiger partial charge < -0.3 is 21.3 Å². The summed E-state index contributed by atoms with van der Waals surface area (Å²) in [5, 5.41) is 9.09. The lowest BCUT2D eigenvalue weighted by atomic mass is 9.85. The molecule has 3 rings (SSSR count). The molecule has 9 nitrogen and oxygen atoms in total. The summed E-state index contributed by atoms with van der Waals surface area (Å²) in [5.74, 6) is 0.966. The molecule has 4 N–H and O–H groups in total. The maximum atomic E-state index is 12.1. The van der Waals surface area contributed by atoms with Crippen molar-refractivity contribution in [2.75, 3.05) is 25.0 Å². The predicted octanol–water partition coefficient (Wildman–Crippen LogP) is 2.10. The van der Waals surface area contributed by atoms with E-state index in [0.29, 0.717) is 22.5 Å². The lowest BCUT2D eigenvalue weighted by Crippen LogP contribution is -2.34. The van der Waals surface area contributed by atoms with E-state index in [1.54, 1.807) is 13.0 Å². The van der Waals surface area contributed by atoms with Gasteiger partial charge in [0.2, 0.25) is 11.9 Å². The Labute approximate surface area is 181 Å². The number of rotatable bonds is 5. The fourth-order valence-corrected chi connectivity index (χ4v) is 4.49. The Bertz CT molecular complexity index is 920. The van der Waals surface area contributed by atoms with Crippen molar-refractivity contribution in [3.05, 3.63) is 23.0 Å². The first-order chi connectivity index (χ1) is 14.2. The van der Waals surface area contributed by atoms with E-state index >= 15 is 0 Å². The highest BCUT2D eigenvalue weighted by atomic mass is 35.5. The molecule has 30 heavy (non-hydrogen) atoms. The molecule has 2 heterocycles. The molecule has 10 heteroatoms. The van der Waals surface area contributed by atoms with Crippen molar-refractivity contribution in [2.45, 2.75) is 45.1 Å². The lowest BCUT2D eigenvalue weighted by Gasteiger charge is -2.28. The highest BCUT2D eigenvalue weighted by Gasteiger charge is 2.46. The summed E-state index contributed by atoms with van der Waals surface area (Å²) in [6, 6.07) is 2.20. The van der Waals surface area contributed by atoms with Gasteiger partial charge in [0.25, 0.3) is 0 Å². The Morgan fingerprint density at radius 2 is 2.30 bits per heavy atom.